The van der Waals surface area contributed by atoms with Crippen molar-refractivity contribution in [2.75, 3.05) is 31.1 Å². The van der Waals surface area contributed by atoms with Gasteiger partial charge in [0.1, 0.15) is 11.6 Å². The maximum atomic E-state index is 13.1. The standard InChI is InChI=1S/C29H34N6O2S/c1-3-4-16-26-30-28(27-23(2)32-35(29(27)31-26)25-14-9-6-10-15-25)33-18-11-19-34(21-20-33)38(36,37)22-17-24-12-7-5-8-13-24/h5-10,12-15,17,22H,3-4,11,16,18-21H2,1-2H3/b22-17+. The number of nitrogens with zero attached hydrogens (tertiary/aromatic N) is 6. The van der Waals surface area contributed by atoms with E-state index in [1.54, 1.807) is 10.4 Å². The highest BCUT2D eigenvalue weighted by molar-refractivity contribution is 7.92. The highest BCUT2D eigenvalue weighted by Gasteiger charge is 2.27. The molecule has 0 atom stereocenters. The van der Waals surface area contributed by atoms with Gasteiger partial charge in [0.15, 0.2) is 5.65 Å². The number of aromatic nitrogens is 4. The van der Waals surface area contributed by atoms with E-state index in [0.717, 1.165) is 58.9 Å². The Morgan fingerprint density at radius 3 is 2.39 bits per heavy atom. The minimum Gasteiger partial charge on any atom is -0.355 e. The molecule has 3 heterocycles. The van der Waals surface area contributed by atoms with Gasteiger partial charge in [-0.15, -0.1) is 0 Å². The van der Waals surface area contributed by atoms with Gasteiger partial charge in [0.25, 0.3) is 0 Å². The summed E-state index contributed by atoms with van der Waals surface area (Å²) in [6.45, 7) is 6.27. The van der Waals surface area contributed by atoms with Crippen LogP contribution in [0.25, 0.3) is 22.8 Å². The Morgan fingerprint density at radius 1 is 0.921 bits per heavy atom. The average molecular weight is 531 g/mol. The lowest BCUT2D eigenvalue weighted by molar-refractivity contribution is 0.440. The van der Waals surface area contributed by atoms with Crippen LogP contribution in [0.15, 0.2) is 66.1 Å². The molecule has 4 aromatic rings. The van der Waals surface area contributed by atoms with E-state index < -0.39 is 10.0 Å². The van der Waals surface area contributed by atoms with Crippen molar-refractivity contribution in [3.8, 4) is 5.69 Å². The zero-order chi connectivity index (χ0) is 26.5. The number of unbranched alkanes of at least 4 members (excludes halogenated alkanes) is 1. The van der Waals surface area contributed by atoms with Gasteiger partial charge in [-0.2, -0.15) is 9.40 Å². The van der Waals surface area contributed by atoms with E-state index in [9.17, 15) is 8.42 Å². The molecule has 0 aliphatic carbocycles. The molecule has 198 valence electrons. The molecule has 8 nitrogen and oxygen atoms in total. The van der Waals surface area contributed by atoms with Crippen LogP contribution >= 0.6 is 0 Å². The third-order valence-electron chi connectivity index (χ3n) is 6.83. The number of sulfonamides is 1. The summed E-state index contributed by atoms with van der Waals surface area (Å²) in [7, 11) is -3.54. The highest BCUT2D eigenvalue weighted by atomic mass is 32.2. The molecule has 9 heteroatoms. The molecule has 0 spiro atoms. The Bertz CT molecular complexity index is 1520. The van der Waals surface area contributed by atoms with E-state index in [2.05, 4.69) is 11.8 Å². The molecule has 1 aliphatic heterocycles. The summed E-state index contributed by atoms with van der Waals surface area (Å²) >= 11 is 0. The number of hydrogen-bond donors (Lipinski definition) is 0. The lowest BCUT2D eigenvalue weighted by atomic mass is 10.2. The van der Waals surface area contributed by atoms with Gasteiger partial charge in [-0.1, -0.05) is 61.9 Å². The number of hydrogen-bond acceptors (Lipinski definition) is 6. The first-order chi connectivity index (χ1) is 18.5. The summed E-state index contributed by atoms with van der Waals surface area (Å²) in [6.07, 6.45) is 5.22. The van der Waals surface area contributed by atoms with E-state index in [1.807, 2.05) is 72.3 Å². The minimum absolute atomic E-state index is 0.392. The summed E-state index contributed by atoms with van der Waals surface area (Å²) in [5.74, 6) is 1.64. The van der Waals surface area contributed by atoms with E-state index >= 15 is 0 Å². The van der Waals surface area contributed by atoms with E-state index in [4.69, 9.17) is 15.1 Å². The number of aryl methyl sites for hydroxylation is 2. The Hall–Kier alpha value is -3.56. The van der Waals surface area contributed by atoms with Crippen LogP contribution in [0.5, 0.6) is 0 Å². The maximum Gasteiger partial charge on any atom is 0.236 e. The predicted octanol–water partition coefficient (Wildman–Crippen LogP) is 4.98. The molecular weight excluding hydrogens is 496 g/mol. The molecule has 0 radical (unpaired) electrons. The largest absolute Gasteiger partial charge is 0.355 e. The fraction of sp³-hybridized carbons (Fsp3) is 0.345. The molecule has 1 aliphatic rings. The second kappa shape index (κ2) is 11.4. The molecule has 1 fully saturated rings. The fourth-order valence-corrected chi connectivity index (χ4v) is 6.03. The normalized spacial score (nSPS) is 15.4. The van der Waals surface area contributed by atoms with Gasteiger partial charge in [-0.25, -0.2) is 23.1 Å². The van der Waals surface area contributed by atoms with Crippen molar-refractivity contribution in [1.82, 2.24) is 24.1 Å². The van der Waals surface area contributed by atoms with Crippen molar-refractivity contribution >= 4 is 33.0 Å². The molecule has 0 amide bonds. The van der Waals surface area contributed by atoms with Gasteiger partial charge >= 0.3 is 0 Å². The van der Waals surface area contributed by atoms with Crippen LogP contribution < -0.4 is 4.90 Å². The number of para-hydroxylation sites is 1. The number of fused-ring (bicyclic) bond motifs is 1. The smallest absolute Gasteiger partial charge is 0.236 e. The van der Waals surface area contributed by atoms with E-state index in [-0.39, 0.29) is 0 Å². The zero-order valence-electron chi connectivity index (χ0n) is 22.0. The molecule has 0 N–H and O–H groups in total. The molecule has 0 saturated carbocycles. The van der Waals surface area contributed by atoms with Crippen LogP contribution in [0, 0.1) is 6.92 Å². The molecule has 2 aromatic heterocycles. The lowest BCUT2D eigenvalue weighted by Gasteiger charge is -2.23. The first-order valence-electron chi connectivity index (χ1n) is 13.3. The number of rotatable bonds is 8. The Morgan fingerprint density at radius 2 is 1.66 bits per heavy atom. The Kier molecular flexibility index (Phi) is 7.85. The summed E-state index contributed by atoms with van der Waals surface area (Å²) < 4.78 is 29.7. The van der Waals surface area contributed by atoms with Gasteiger partial charge in [0.2, 0.25) is 10.0 Å². The first-order valence-corrected chi connectivity index (χ1v) is 14.8. The van der Waals surface area contributed by atoms with Crippen LogP contribution in [0.4, 0.5) is 5.82 Å². The Labute approximate surface area is 224 Å². The second-order valence-corrected chi connectivity index (χ2v) is 11.4. The summed E-state index contributed by atoms with van der Waals surface area (Å²) in [4.78, 5) is 12.2. The summed E-state index contributed by atoms with van der Waals surface area (Å²) in [6, 6.07) is 19.5. The average Bonchev–Trinajstić information content (AvgIpc) is 3.10. The second-order valence-electron chi connectivity index (χ2n) is 9.60. The van der Waals surface area contributed by atoms with E-state index in [1.165, 1.54) is 5.41 Å². The Balaban J connectivity index is 1.46. The molecule has 0 unspecified atom stereocenters. The van der Waals surface area contributed by atoms with Crippen molar-refractivity contribution in [1.29, 1.82) is 0 Å². The zero-order valence-corrected chi connectivity index (χ0v) is 22.8. The van der Waals surface area contributed by atoms with Crippen molar-refractivity contribution in [2.45, 2.75) is 39.5 Å². The minimum atomic E-state index is -3.54. The van der Waals surface area contributed by atoms with Crippen LogP contribution in [0.1, 0.15) is 43.3 Å². The third-order valence-corrected chi connectivity index (χ3v) is 8.40. The molecule has 38 heavy (non-hydrogen) atoms. The van der Waals surface area contributed by atoms with Gasteiger partial charge < -0.3 is 4.90 Å². The van der Waals surface area contributed by atoms with Crippen molar-refractivity contribution in [3.63, 3.8) is 0 Å². The van der Waals surface area contributed by atoms with Crippen LogP contribution in [0.2, 0.25) is 0 Å². The molecular formula is C29H34N6O2S. The third kappa shape index (κ3) is 5.63. The van der Waals surface area contributed by atoms with Gasteiger partial charge in [-0.3, -0.25) is 0 Å². The number of benzene rings is 2. The van der Waals surface area contributed by atoms with Gasteiger partial charge in [0.05, 0.1) is 16.8 Å². The summed E-state index contributed by atoms with van der Waals surface area (Å²) in [5, 5.41) is 7.08. The molecule has 5 rings (SSSR count). The topological polar surface area (TPSA) is 84.2 Å². The summed E-state index contributed by atoms with van der Waals surface area (Å²) in [5.41, 5.74) is 3.47. The lowest BCUT2D eigenvalue weighted by Crippen LogP contribution is -2.34. The molecule has 1 saturated heterocycles. The van der Waals surface area contributed by atoms with Crippen LogP contribution in [-0.4, -0.2) is 58.7 Å². The van der Waals surface area contributed by atoms with Gasteiger partial charge in [0, 0.05) is 38.0 Å². The van der Waals surface area contributed by atoms with Crippen LogP contribution in [0.3, 0.4) is 0 Å². The van der Waals surface area contributed by atoms with Crippen molar-refractivity contribution in [3.05, 3.63) is 83.2 Å². The first kappa shape index (κ1) is 26.1. The van der Waals surface area contributed by atoms with Crippen LogP contribution in [-0.2, 0) is 16.4 Å². The highest BCUT2D eigenvalue weighted by Crippen LogP contribution is 2.30. The predicted molar refractivity (Wildman–Crippen MR) is 153 cm³/mol. The maximum absolute atomic E-state index is 13.1. The van der Waals surface area contributed by atoms with Crippen molar-refractivity contribution < 1.29 is 8.42 Å². The fourth-order valence-electron chi connectivity index (χ4n) is 4.81. The van der Waals surface area contributed by atoms with Crippen molar-refractivity contribution in [2.24, 2.45) is 0 Å². The molecule has 0 bridgehead atoms. The quantitative estimate of drug-likeness (QED) is 0.320. The van der Waals surface area contributed by atoms with E-state index in [0.29, 0.717) is 32.6 Å². The molecule has 2 aromatic carbocycles. The van der Waals surface area contributed by atoms with Gasteiger partial charge in [-0.05, 0) is 43.5 Å². The SMILES string of the molecule is CCCCc1nc(N2CCCN(S(=O)(=O)/C=C/c3ccccc3)CC2)c2c(C)nn(-c3ccccc3)c2n1. The monoisotopic (exact) mass is 530 g/mol. The number of anilines is 1.